The Kier molecular flexibility index (Phi) is 2.77. The average Bonchev–Trinajstić information content (AvgIpc) is 2.58. The van der Waals surface area contributed by atoms with Gasteiger partial charge in [-0.15, -0.1) is 0 Å². The van der Waals surface area contributed by atoms with Crippen LogP contribution in [0.3, 0.4) is 0 Å². The first-order valence-electron chi connectivity index (χ1n) is 5.42. The molecular weight excluding hydrogens is 204 g/mol. The molecule has 0 spiro atoms. The van der Waals surface area contributed by atoms with E-state index >= 15 is 0 Å². The van der Waals surface area contributed by atoms with Gasteiger partial charge in [0.15, 0.2) is 0 Å². The molecule has 0 bridgehead atoms. The summed E-state index contributed by atoms with van der Waals surface area (Å²) in [5.74, 6) is -0.852. The maximum Gasteiger partial charge on any atom is 0.321 e. The van der Waals surface area contributed by atoms with Crippen molar-refractivity contribution in [3.05, 3.63) is 35.4 Å². The van der Waals surface area contributed by atoms with E-state index in [0.29, 0.717) is 5.92 Å². The van der Waals surface area contributed by atoms with Crippen LogP contribution < -0.4 is 0 Å². The van der Waals surface area contributed by atoms with Crippen LogP contribution >= 0.6 is 0 Å². The van der Waals surface area contributed by atoms with Crippen molar-refractivity contribution in [3.8, 4) is 0 Å². The smallest absolute Gasteiger partial charge is 0.321 e. The van der Waals surface area contributed by atoms with Gasteiger partial charge in [-0.2, -0.15) is 0 Å². The molecule has 0 N–H and O–H groups in total. The van der Waals surface area contributed by atoms with Crippen molar-refractivity contribution in [2.45, 2.75) is 32.1 Å². The molecule has 1 aromatic carbocycles. The van der Waals surface area contributed by atoms with E-state index in [1.807, 2.05) is 24.3 Å². The zero-order valence-corrected chi connectivity index (χ0v) is 9.40. The third kappa shape index (κ3) is 1.98. The Morgan fingerprint density at radius 3 is 2.62 bits per heavy atom. The maximum atomic E-state index is 11.4. The van der Waals surface area contributed by atoms with Crippen LogP contribution in [0.5, 0.6) is 0 Å². The number of rotatable bonds is 2. The van der Waals surface area contributed by atoms with E-state index in [9.17, 15) is 9.59 Å². The highest BCUT2D eigenvalue weighted by atomic mass is 16.6. The van der Waals surface area contributed by atoms with Gasteiger partial charge in [-0.05, 0) is 17.0 Å². The molecule has 0 aliphatic carbocycles. The van der Waals surface area contributed by atoms with Gasteiger partial charge in [-0.1, -0.05) is 38.1 Å². The fraction of sp³-hybridized carbons (Fsp3) is 0.385. The predicted octanol–water partition coefficient (Wildman–Crippen LogP) is 2.37. The zero-order valence-electron chi connectivity index (χ0n) is 9.40. The molecular formula is C13H14O3. The number of esters is 2. The van der Waals surface area contributed by atoms with Crippen molar-refractivity contribution in [3.63, 3.8) is 0 Å². The lowest BCUT2D eigenvalue weighted by Gasteiger charge is -2.10. The van der Waals surface area contributed by atoms with Gasteiger partial charge in [-0.25, -0.2) is 0 Å². The minimum atomic E-state index is -0.426. The Morgan fingerprint density at radius 1 is 1.31 bits per heavy atom. The minimum Gasteiger partial charge on any atom is -0.393 e. The van der Waals surface area contributed by atoms with Crippen LogP contribution in [0.25, 0.3) is 0 Å². The summed E-state index contributed by atoms with van der Waals surface area (Å²) in [4.78, 5) is 22.4. The van der Waals surface area contributed by atoms with Gasteiger partial charge in [0.05, 0.1) is 12.3 Å². The van der Waals surface area contributed by atoms with E-state index in [1.165, 1.54) is 5.56 Å². The summed E-state index contributed by atoms with van der Waals surface area (Å²) in [5, 5.41) is 0. The van der Waals surface area contributed by atoms with Crippen molar-refractivity contribution in [1.29, 1.82) is 0 Å². The van der Waals surface area contributed by atoms with Crippen LogP contribution in [0.2, 0.25) is 0 Å². The molecule has 1 unspecified atom stereocenters. The lowest BCUT2D eigenvalue weighted by atomic mass is 9.93. The van der Waals surface area contributed by atoms with E-state index in [1.54, 1.807) is 0 Å². The Labute approximate surface area is 94.4 Å². The largest absolute Gasteiger partial charge is 0.393 e. The summed E-state index contributed by atoms with van der Waals surface area (Å²) in [6.07, 6.45) is 0.167. The summed E-state index contributed by atoms with van der Waals surface area (Å²) >= 11 is 0. The molecule has 1 heterocycles. The summed E-state index contributed by atoms with van der Waals surface area (Å²) in [6, 6.07) is 7.79. The standard InChI is InChI=1S/C13H14O3/c1-8(2)9-4-3-5-10(6-9)11-7-12(14)16-13(11)15/h3-6,8,11H,7H2,1-2H3. The van der Waals surface area contributed by atoms with Gasteiger partial charge < -0.3 is 4.74 Å². The van der Waals surface area contributed by atoms with Gasteiger partial charge in [0.1, 0.15) is 0 Å². The summed E-state index contributed by atoms with van der Waals surface area (Å²) in [7, 11) is 0. The van der Waals surface area contributed by atoms with Crippen LogP contribution in [-0.4, -0.2) is 11.9 Å². The highest BCUT2D eigenvalue weighted by Crippen LogP contribution is 2.29. The van der Waals surface area contributed by atoms with E-state index in [2.05, 4.69) is 18.6 Å². The molecule has 0 amide bonds. The van der Waals surface area contributed by atoms with Crippen molar-refractivity contribution in [2.24, 2.45) is 0 Å². The van der Waals surface area contributed by atoms with Crippen molar-refractivity contribution < 1.29 is 14.3 Å². The normalized spacial score (nSPS) is 20.3. The second kappa shape index (κ2) is 4.08. The molecule has 1 saturated heterocycles. The Bertz CT molecular complexity index is 435. The fourth-order valence-corrected chi connectivity index (χ4v) is 1.86. The zero-order chi connectivity index (χ0) is 11.7. The molecule has 0 radical (unpaired) electrons. The predicted molar refractivity (Wildman–Crippen MR) is 59.0 cm³/mol. The lowest BCUT2D eigenvalue weighted by molar-refractivity contribution is -0.152. The fourth-order valence-electron chi connectivity index (χ4n) is 1.86. The van der Waals surface area contributed by atoms with Crippen molar-refractivity contribution in [1.82, 2.24) is 0 Å². The number of benzene rings is 1. The van der Waals surface area contributed by atoms with Gasteiger partial charge >= 0.3 is 11.9 Å². The van der Waals surface area contributed by atoms with Crippen LogP contribution in [0, 0.1) is 0 Å². The van der Waals surface area contributed by atoms with Crippen LogP contribution in [0.1, 0.15) is 43.2 Å². The topological polar surface area (TPSA) is 43.4 Å². The molecule has 0 aromatic heterocycles. The number of hydrogen-bond donors (Lipinski definition) is 0. The number of hydrogen-bond acceptors (Lipinski definition) is 3. The molecule has 1 fully saturated rings. The molecule has 2 rings (SSSR count). The first kappa shape index (κ1) is 10.9. The maximum absolute atomic E-state index is 11.4. The first-order valence-corrected chi connectivity index (χ1v) is 5.42. The van der Waals surface area contributed by atoms with Gasteiger partial charge in [0, 0.05) is 0 Å². The van der Waals surface area contributed by atoms with Crippen molar-refractivity contribution >= 4 is 11.9 Å². The van der Waals surface area contributed by atoms with Gasteiger partial charge in [-0.3, -0.25) is 9.59 Å². The van der Waals surface area contributed by atoms with Crippen LogP contribution in [0.15, 0.2) is 24.3 Å². The molecule has 84 valence electrons. The van der Waals surface area contributed by atoms with E-state index in [4.69, 9.17) is 0 Å². The number of carbonyl (C=O) groups excluding carboxylic acids is 2. The molecule has 1 aromatic rings. The third-order valence-electron chi connectivity index (χ3n) is 2.85. The highest BCUT2D eigenvalue weighted by Gasteiger charge is 2.34. The lowest BCUT2D eigenvalue weighted by Crippen LogP contribution is -2.06. The average molecular weight is 218 g/mol. The molecule has 3 nitrogen and oxygen atoms in total. The monoisotopic (exact) mass is 218 g/mol. The Hall–Kier alpha value is -1.64. The number of carbonyl (C=O) groups is 2. The first-order chi connectivity index (χ1) is 7.58. The second-order valence-corrected chi connectivity index (χ2v) is 4.37. The Balaban J connectivity index is 2.30. The number of ether oxygens (including phenoxy) is 1. The molecule has 16 heavy (non-hydrogen) atoms. The van der Waals surface area contributed by atoms with Crippen LogP contribution in [0.4, 0.5) is 0 Å². The van der Waals surface area contributed by atoms with Crippen LogP contribution in [-0.2, 0) is 14.3 Å². The Morgan fingerprint density at radius 2 is 2.06 bits per heavy atom. The SMILES string of the molecule is CC(C)c1cccc(C2CC(=O)OC2=O)c1. The van der Waals surface area contributed by atoms with Crippen molar-refractivity contribution in [2.75, 3.05) is 0 Å². The minimum absolute atomic E-state index is 0.167. The molecule has 1 atom stereocenters. The van der Waals surface area contributed by atoms with Gasteiger partial charge in [0.2, 0.25) is 0 Å². The third-order valence-corrected chi connectivity index (χ3v) is 2.85. The highest BCUT2D eigenvalue weighted by molar-refractivity contribution is 5.97. The summed E-state index contributed by atoms with van der Waals surface area (Å²) in [6.45, 7) is 4.19. The van der Waals surface area contributed by atoms with E-state index < -0.39 is 17.9 Å². The number of cyclic esters (lactones) is 2. The van der Waals surface area contributed by atoms with E-state index in [-0.39, 0.29) is 6.42 Å². The molecule has 1 aliphatic heterocycles. The molecule has 3 heteroatoms. The molecule has 1 aliphatic rings. The summed E-state index contributed by atoms with van der Waals surface area (Å²) < 4.78 is 4.55. The summed E-state index contributed by atoms with van der Waals surface area (Å²) in [5.41, 5.74) is 2.05. The van der Waals surface area contributed by atoms with Gasteiger partial charge in [0.25, 0.3) is 0 Å². The second-order valence-electron chi connectivity index (χ2n) is 4.37. The van der Waals surface area contributed by atoms with E-state index in [0.717, 1.165) is 5.56 Å². The quantitative estimate of drug-likeness (QED) is 0.565. The molecule has 0 saturated carbocycles.